The van der Waals surface area contributed by atoms with Gasteiger partial charge in [-0.1, -0.05) is 24.3 Å². The lowest BCUT2D eigenvalue weighted by Gasteiger charge is -2.12. The number of nitrogens with zero attached hydrogens (tertiary/aromatic N) is 5. The molecule has 4 aromatic rings. The van der Waals surface area contributed by atoms with Gasteiger partial charge in [0.25, 0.3) is 0 Å². The van der Waals surface area contributed by atoms with Gasteiger partial charge in [0.05, 0.1) is 0 Å². The lowest BCUT2D eigenvalue weighted by Crippen LogP contribution is -2.01. The minimum Gasteiger partial charge on any atom is -0.438 e. The van der Waals surface area contributed by atoms with Crippen LogP contribution in [0.3, 0.4) is 0 Å². The summed E-state index contributed by atoms with van der Waals surface area (Å²) in [5, 5.41) is 17.9. The first-order valence-electron chi connectivity index (χ1n) is 9.21. The monoisotopic (exact) mass is 381 g/mol. The Morgan fingerprint density at radius 1 is 0.897 bits per heavy atom. The van der Waals surface area contributed by atoms with E-state index in [-0.39, 0.29) is 0 Å². The summed E-state index contributed by atoms with van der Waals surface area (Å²) in [4.78, 5) is 4.32. The first kappa shape index (κ1) is 18.4. The normalized spacial score (nSPS) is 10.6. The number of aromatic nitrogens is 4. The second-order valence-corrected chi connectivity index (χ2v) is 6.73. The van der Waals surface area contributed by atoms with Crippen LogP contribution in [0, 0.1) is 32.1 Å². The van der Waals surface area contributed by atoms with Crippen LogP contribution in [0.5, 0.6) is 11.6 Å². The molecular weight excluding hydrogens is 362 g/mol. The highest BCUT2D eigenvalue weighted by Gasteiger charge is 2.15. The molecule has 2 aromatic heterocycles. The molecule has 0 saturated carbocycles. The fourth-order valence-corrected chi connectivity index (χ4v) is 3.14. The zero-order chi connectivity index (χ0) is 20.4. The van der Waals surface area contributed by atoms with Crippen LogP contribution in [0.15, 0.2) is 60.7 Å². The number of pyridine rings is 1. The van der Waals surface area contributed by atoms with E-state index in [1.165, 1.54) is 0 Å². The van der Waals surface area contributed by atoms with E-state index in [9.17, 15) is 5.26 Å². The van der Waals surface area contributed by atoms with Gasteiger partial charge < -0.3 is 4.74 Å². The minimum absolute atomic E-state index is 0.307. The standard InChI is InChI=1S/C23H19N5O/c1-15-6-4-5-7-21(15)22-27-26-17(3)28(22)19-10-12-20(13-11-19)29-23-18(14-24)9-8-16(2)25-23/h4-13H,1-3H3. The molecule has 0 bridgehead atoms. The molecule has 29 heavy (non-hydrogen) atoms. The number of hydrogen-bond acceptors (Lipinski definition) is 5. The van der Waals surface area contributed by atoms with Crippen molar-refractivity contribution in [2.45, 2.75) is 20.8 Å². The fourth-order valence-electron chi connectivity index (χ4n) is 3.14. The van der Waals surface area contributed by atoms with Crippen LogP contribution in [0.2, 0.25) is 0 Å². The summed E-state index contributed by atoms with van der Waals surface area (Å²) < 4.78 is 7.86. The number of ether oxygens (including phenoxy) is 1. The van der Waals surface area contributed by atoms with Crippen molar-refractivity contribution < 1.29 is 4.74 Å². The zero-order valence-electron chi connectivity index (χ0n) is 16.4. The second kappa shape index (κ2) is 7.56. The van der Waals surface area contributed by atoms with Crippen molar-refractivity contribution in [3.63, 3.8) is 0 Å². The molecule has 0 aliphatic rings. The maximum absolute atomic E-state index is 9.26. The van der Waals surface area contributed by atoms with Crippen molar-refractivity contribution in [1.82, 2.24) is 19.7 Å². The maximum Gasteiger partial charge on any atom is 0.237 e. The number of aryl methyl sites for hydroxylation is 3. The van der Waals surface area contributed by atoms with E-state index in [2.05, 4.69) is 34.2 Å². The highest BCUT2D eigenvalue weighted by molar-refractivity contribution is 5.63. The molecule has 6 heteroatoms. The molecule has 0 radical (unpaired) electrons. The Kier molecular flexibility index (Phi) is 4.80. The average Bonchev–Trinajstić information content (AvgIpc) is 3.10. The van der Waals surface area contributed by atoms with Gasteiger partial charge in [0.15, 0.2) is 5.82 Å². The summed E-state index contributed by atoms with van der Waals surface area (Å²) in [5.74, 6) is 2.50. The molecule has 0 atom stereocenters. The number of rotatable bonds is 4. The van der Waals surface area contributed by atoms with Crippen molar-refractivity contribution in [3.8, 4) is 34.8 Å². The smallest absolute Gasteiger partial charge is 0.237 e. The Morgan fingerprint density at radius 2 is 1.66 bits per heavy atom. The molecular formula is C23H19N5O. The molecule has 6 nitrogen and oxygen atoms in total. The summed E-state index contributed by atoms with van der Waals surface area (Å²) >= 11 is 0. The Labute approximate surface area is 169 Å². The van der Waals surface area contributed by atoms with Gasteiger partial charge in [-0.05, 0) is 62.7 Å². The Balaban J connectivity index is 1.68. The molecule has 0 amide bonds. The fraction of sp³-hybridized carbons (Fsp3) is 0.130. The van der Waals surface area contributed by atoms with Gasteiger partial charge in [-0.25, -0.2) is 4.98 Å². The van der Waals surface area contributed by atoms with Crippen LogP contribution in [0.1, 0.15) is 22.6 Å². The van der Waals surface area contributed by atoms with E-state index < -0.39 is 0 Å². The van der Waals surface area contributed by atoms with Gasteiger partial charge >= 0.3 is 0 Å². The van der Waals surface area contributed by atoms with Crippen molar-refractivity contribution >= 4 is 0 Å². The minimum atomic E-state index is 0.307. The molecule has 0 saturated heterocycles. The third-order valence-electron chi connectivity index (χ3n) is 4.64. The van der Waals surface area contributed by atoms with Gasteiger partial charge in [0.2, 0.25) is 5.88 Å². The Morgan fingerprint density at radius 3 is 2.38 bits per heavy atom. The van der Waals surface area contributed by atoms with Crippen molar-refractivity contribution in [2.24, 2.45) is 0 Å². The SMILES string of the molecule is Cc1ccc(C#N)c(Oc2ccc(-n3c(C)nnc3-c3ccccc3C)cc2)n1. The number of hydrogen-bond donors (Lipinski definition) is 0. The summed E-state index contributed by atoms with van der Waals surface area (Å²) in [5.41, 5.74) is 4.29. The molecule has 0 aliphatic carbocycles. The largest absolute Gasteiger partial charge is 0.438 e. The quantitative estimate of drug-likeness (QED) is 0.501. The Hall–Kier alpha value is -3.98. The first-order chi connectivity index (χ1) is 14.1. The molecule has 2 heterocycles. The second-order valence-electron chi connectivity index (χ2n) is 6.73. The van der Waals surface area contributed by atoms with Gasteiger partial charge in [0.1, 0.15) is 23.2 Å². The maximum atomic E-state index is 9.26. The average molecular weight is 381 g/mol. The summed E-state index contributed by atoms with van der Waals surface area (Å²) in [6.07, 6.45) is 0. The van der Waals surface area contributed by atoms with E-state index in [0.717, 1.165) is 34.2 Å². The highest BCUT2D eigenvalue weighted by Crippen LogP contribution is 2.28. The third-order valence-corrected chi connectivity index (χ3v) is 4.64. The summed E-state index contributed by atoms with van der Waals surface area (Å²) in [6, 6.07) is 21.3. The predicted molar refractivity (Wildman–Crippen MR) is 110 cm³/mol. The molecule has 0 spiro atoms. The van der Waals surface area contributed by atoms with E-state index in [1.807, 2.05) is 60.9 Å². The van der Waals surface area contributed by atoms with Crippen molar-refractivity contribution in [3.05, 3.63) is 83.3 Å². The molecule has 4 rings (SSSR count). The lowest BCUT2D eigenvalue weighted by atomic mass is 10.1. The lowest BCUT2D eigenvalue weighted by molar-refractivity contribution is 0.460. The van der Waals surface area contributed by atoms with E-state index in [1.54, 1.807) is 12.1 Å². The van der Waals surface area contributed by atoms with Crippen LogP contribution >= 0.6 is 0 Å². The van der Waals surface area contributed by atoms with Crippen LogP contribution in [-0.2, 0) is 0 Å². The number of nitriles is 1. The van der Waals surface area contributed by atoms with Gasteiger partial charge in [-0.2, -0.15) is 5.26 Å². The van der Waals surface area contributed by atoms with Crippen LogP contribution < -0.4 is 4.74 Å². The Bertz CT molecular complexity index is 1220. The summed E-state index contributed by atoms with van der Waals surface area (Å²) in [6.45, 7) is 5.84. The summed E-state index contributed by atoms with van der Waals surface area (Å²) in [7, 11) is 0. The van der Waals surface area contributed by atoms with Gasteiger partial charge in [-0.3, -0.25) is 4.57 Å². The van der Waals surface area contributed by atoms with E-state index >= 15 is 0 Å². The van der Waals surface area contributed by atoms with E-state index in [0.29, 0.717) is 17.2 Å². The topological polar surface area (TPSA) is 76.6 Å². The van der Waals surface area contributed by atoms with Crippen LogP contribution in [0.4, 0.5) is 0 Å². The van der Waals surface area contributed by atoms with Crippen LogP contribution in [-0.4, -0.2) is 19.7 Å². The van der Waals surface area contributed by atoms with Gasteiger partial charge in [0, 0.05) is 16.9 Å². The molecule has 0 fully saturated rings. The molecule has 0 N–H and O–H groups in total. The predicted octanol–water partition coefficient (Wildman–Crippen LogP) is 4.92. The third kappa shape index (κ3) is 3.58. The molecule has 2 aromatic carbocycles. The molecule has 0 aliphatic heterocycles. The van der Waals surface area contributed by atoms with Gasteiger partial charge in [-0.15, -0.1) is 10.2 Å². The highest BCUT2D eigenvalue weighted by atomic mass is 16.5. The first-order valence-corrected chi connectivity index (χ1v) is 9.21. The van der Waals surface area contributed by atoms with Crippen molar-refractivity contribution in [2.75, 3.05) is 0 Å². The zero-order valence-corrected chi connectivity index (χ0v) is 16.4. The molecule has 0 unspecified atom stereocenters. The van der Waals surface area contributed by atoms with Crippen molar-refractivity contribution in [1.29, 1.82) is 5.26 Å². The number of benzene rings is 2. The van der Waals surface area contributed by atoms with E-state index in [4.69, 9.17) is 4.74 Å². The molecule has 142 valence electrons. The van der Waals surface area contributed by atoms with Crippen LogP contribution in [0.25, 0.3) is 17.1 Å².